The van der Waals surface area contributed by atoms with E-state index < -0.39 is 15.7 Å². The maximum Gasteiger partial charge on any atom is 0.228 e. The van der Waals surface area contributed by atoms with E-state index >= 15 is 0 Å². The Kier molecular flexibility index (Phi) is 7.87. The summed E-state index contributed by atoms with van der Waals surface area (Å²) in [5.41, 5.74) is 1.73. The maximum atomic E-state index is 13.1. The molecule has 0 N–H and O–H groups in total. The van der Waals surface area contributed by atoms with Crippen molar-refractivity contribution in [3.8, 4) is 0 Å². The van der Waals surface area contributed by atoms with Gasteiger partial charge in [-0.2, -0.15) is 0 Å². The van der Waals surface area contributed by atoms with Crippen molar-refractivity contribution >= 4 is 54.0 Å². The summed E-state index contributed by atoms with van der Waals surface area (Å²) < 4.78 is 38.9. The molecular formula is C22H25ClFN3O3S2. The van der Waals surface area contributed by atoms with E-state index in [2.05, 4.69) is 4.98 Å². The lowest BCUT2D eigenvalue weighted by atomic mass is 10.2. The number of amides is 1. The molecule has 0 saturated carbocycles. The van der Waals surface area contributed by atoms with E-state index in [-0.39, 0.29) is 29.4 Å². The molecule has 0 fully saturated rings. The lowest BCUT2D eigenvalue weighted by Gasteiger charge is -2.22. The van der Waals surface area contributed by atoms with Crippen LogP contribution in [0.5, 0.6) is 0 Å². The maximum absolute atomic E-state index is 13.1. The molecule has 0 aliphatic rings. The fourth-order valence-electron chi connectivity index (χ4n) is 3.14. The summed E-state index contributed by atoms with van der Waals surface area (Å²) in [5.74, 6) is -0.896. The number of aryl methyl sites for hydroxylation is 1. The molecule has 1 heterocycles. The molecule has 32 heavy (non-hydrogen) atoms. The van der Waals surface area contributed by atoms with Crippen LogP contribution in [0.25, 0.3) is 10.2 Å². The monoisotopic (exact) mass is 497 g/mol. The standard InChI is InChI=1S/C22H25ClFN3O3S2/c1-15-6-11-18(23)21-20(15)25-22(31-21)27(13-12-26(2)3)19(28)5-4-14-32(29,30)17-9-7-16(24)8-10-17/h6-11H,4-5,12-14H2,1-3H3. The number of carbonyl (C=O) groups is 1. The highest BCUT2D eigenvalue weighted by atomic mass is 35.5. The Morgan fingerprint density at radius 1 is 1.12 bits per heavy atom. The number of rotatable bonds is 9. The van der Waals surface area contributed by atoms with Crippen LogP contribution in [-0.4, -0.2) is 57.1 Å². The third kappa shape index (κ3) is 5.83. The Morgan fingerprint density at radius 3 is 2.44 bits per heavy atom. The van der Waals surface area contributed by atoms with Crippen molar-refractivity contribution in [1.29, 1.82) is 0 Å². The first-order valence-corrected chi connectivity index (χ1v) is 12.9. The van der Waals surface area contributed by atoms with Gasteiger partial charge in [0.05, 0.1) is 25.9 Å². The van der Waals surface area contributed by atoms with E-state index in [1.165, 1.54) is 23.5 Å². The average molecular weight is 498 g/mol. The summed E-state index contributed by atoms with van der Waals surface area (Å²) in [5, 5.41) is 1.13. The largest absolute Gasteiger partial charge is 0.308 e. The number of hydrogen-bond donors (Lipinski definition) is 0. The molecule has 172 valence electrons. The quantitative estimate of drug-likeness (QED) is 0.406. The van der Waals surface area contributed by atoms with Gasteiger partial charge in [-0.05, 0) is 63.3 Å². The summed E-state index contributed by atoms with van der Waals surface area (Å²) >= 11 is 7.68. The summed E-state index contributed by atoms with van der Waals surface area (Å²) in [6, 6.07) is 8.41. The van der Waals surface area contributed by atoms with Gasteiger partial charge in [-0.25, -0.2) is 17.8 Å². The molecule has 0 aliphatic carbocycles. The summed E-state index contributed by atoms with van der Waals surface area (Å²) in [7, 11) is 0.231. The van der Waals surface area contributed by atoms with Crippen molar-refractivity contribution in [2.75, 3.05) is 37.8 Å². The molecule has 0 atom stereocenters. The minimum absolute atomic E-state index is 0.0482. The molecule has 1 aromatic heterocycles. The van der Waals surface area contributed by atoms with E-state index in [0.717, 1.165) is 27.9 Å². The van der Waals surface area contributed by atoms with Crippen LogP contribution in [0.1, 0.15) is 18.4 Å². The SMILES string of the molecule is Cc1ccc(Cl)c2sc(N(CCN(C)C)C(=O)CCCS(=O)(=O)c3ccc(F)cc3)nc12. The van der Waals surface area contributed by atoms with Gasteiger partial charge in [0.25, 0.3) is 0 Å². The van der Waals surface area contributed by atoms with Gasteiger partial charge >= 0.3 is 0 Å². The van der Waals surface area contributed by atoms with Gasteiger partial charge in [0.15, 0.2) is 15.0 Å². The minimum Gasteiger partial charge on any atom is -0.308 e. The van der Waals surface area contributed by atoms with Crippen molar-refractivity contribution in [1.82, 2.24) is 9.88 Å². The second-order valence-electron chi connectivity index (χ2n) is 7.76. The highest BCUT2D eigenvalue weighted by molar-refractivity contribution is 7.91. The molecule has 0 unspecified atom stereocenters. The van der Waals surface area contributed by atoms with Crippen molar-refractivity contribution in [3.05, 3.63) is 52.8 Å². The number of thiazole rings is 1. The second kappa shape index (κ2) is 10.2. The van der Waals surface area contributed by atoms with Crippen LogP contribution in [0.2, 0.25) is 5.02 Å². The van der Waals surface area contributed by atoms with Crippen molar-refractivity contribution < 1.29 is 17.6 Å². The molecule has 3 aromatic rings. The Labute approximate surface area is 196 Å². The highest BCUT2D eigenvalue weighted by Crippen LogP contribution is 2.35. The number of sulfone groups is 1. The fourth-order valence-corrected chi connectivity index (χ4v) is 5.81. The number of likely N-dealkylation sites (N-methyl/N-ethyl adjacent to an activating group) is 1. The second-order valence-corrected chi connectivity index (χ2v) is 11.3. The van der Waals surface area contributed by atoms with Crippen molar-refractivity contribution in [2.24, 2.45) is 0 Å². The Bertz CT molecular complexity index is 1170. The van der Waals surface area contributed by atoms with Gasteiger partial charge in [-0.1, -0.05) is 29.0 Å². The number of nitrogens with zero attached hydrogens (tertiary/aromatic N) is 3. The predicted octanol–water partition coefficient (Wildman–Crippen LogP) is 4.55. The first-order valence-electron chi connectivity index (χ1n) is 10.1. The third-order valence-corrected chi connectivity index (χ3v) is 8.32. The average Bonchev–Trinajstić information content (AvgIpc) is 3.17. The Balaban J connectivity index is 1.76. The normalized spacial score (nSPS) is 11.9. The minimum atomic E-state index is -3.60. The van der Waals surface area contributed by atoms with Crippen LogP contribution in [0.3, 0.4) is 0 Å². The summed E-state index contributed by atoms with van der Waals surface area (Å²) in [6.45, 7) is 2.99. The number of anilines is 1. The number of hydrogen-bond acceptors (Lipinski definition) is 6. The smallest absolute Gasteiger partial charge is 0.228 e. The van der Waals surface area contributed by atoms with Gasteiger partial charge < -0.3 is 4.90 Å². The number of carbonyl (C=O) groups excluding carboxylic acids is 1. The fraction of sp³-hybridized carbons (Fsp3) is 0.364. The van der Waals surface area contributed by atoms with E-state index in [1.807, 2.05) is 38.1 Å². The Hall–Kier alpha value is -2.07. The third-order valence-electron chi connectivity index (χ3n) is 4.97. The molecule has 0 spiro atoms. The van der Waals surface area contributed by atoms with Crippen LogP contribution in [-0.2, 0) is 14.6 Å². The van der Waals surface area contributed by atoms with Crippen LogP contribution < -0.4 is 4.90 Å². The molecule has 0 radical (unpaired) electrons. The molecule has 10 heteroatoms. The van der Waals surface area contributed by atoms with Crippen molar-refractivity contribution in [3.63, 3.8) is 0 Å². The number of benzene rings is 2. The van der Waals surface area contributed by atoms with E-state index in [9.17, 15) is 17.6 Å². The van der Waals surface area contributed by atoms with Crippen LogP contribution in [0, 0.1) is 12.7 Å². The van der Waals surface area contributed by atoms with Crippen LogP contribution >= 0.6 is 22.9 Å². The molecule has 0 saturated heterocycles. The van der Waals surface area contributed by atoms with Crippen LogP contribution in [0.15, 0.2) is 41.3 Å². The van der Waals surface area contributed by atoms with Gasteiger partial charge in [-0.15, -0.1) is 0 Å². The van der Waals surface area contributed by atoms with Crippen LogP contribution in [0.4, 0.5) is 9.52 Å². The number of aromatic nitrogens is 1. The van der Waals surface area contributed by atoms with Crippen molar-refractivity contribution in [2.45, 2.75) is 24.7 Å². The lowest BCUT2D eigenvalue weighted by molar-refractivity contribution is -0.118. The zero-order valence-corrected chi connectivity index (χ0v) is 20.5. The van der Waals surface area contributed by atoms with E-state index in [4.69, 9.17) is 11.6 Å². The Morgan fingerprint density at radius 2 is 1.81 bits per heavy atom. The summed E-state index contributed by atoms with van der Waals surface area (Å²) in [6.07, 6.45) is 0.207. The van der Waals surface area contributed by atoms with E-state index in [0.29, 0.717) is 23.2 Å². The molecule has 6 nitrogen and oxygen atoms in total. The van der Waals surface area contributed by atoms with Gasteiger partial charge in [0.2, 0.25) is 5.91 Å². The van der Waals surface area contributed by atoms with Gasteiger partial charge in [-0.3, -0.25) is 9.69 Å². The first kappa shape index (κ1) is 24.6. The van der Waals surface area contributed by atoms with Gasteiger partial charge in [0.1, 0.15) is 5.82 Å². The predicted molar refractivity (Wildman–Crippen MR) is 128 cm³/mol. The zero-order chi connectivity index (χ0) is 23.5. The number of halogens is 2. The topological polar surface area (TPSA) is 70.6 Å². The molecule has 1 amide bonds. The molecular weight excluding hydrogens is 473 g/mol. The lowest BCUT2D eigenvalue weighted by Crippen LogP contribution is -2.36. The number of fused-ring (bicyclic) bond motifs is 1. The molecule has 2 aromatic carbocycles. The zero-order valence-electron chi connectivity index (χ0n) is 18.1. The molecule has 0 bridgehead atoms. The van der Waals surface area contributed by atoms with E-state index in [1.54, 1.807) is 4.90 Å². The molecule has 3 rings (SSSR count). The first-order chi connectivity index (χ1) is 15.1. The highest BCUT2D eigenvalue weighted by Gasteiger charge is 2.22. The summed E-state index contributed by atoms with van der Waals surface area (Å²) in [4.78, 5) is 21.3. The van der Waals surface area contributed by atoms with Gasteiger partial charge in [0, 0.05) is 19.5 Å². The molecule has 0 aliphatic heterocycles.